The van der Waals surface area contributed by atoms with Crippen molar-refractivity contribution in [1.29, 1.82) is 0 Å². The number of nitrogens with zero attached hydrogens (tertiary/aromatic N) is 1. The molecule has 2 aliphatic rings. The molecule has 6 heteroatoms. The van der Waals surface area contributed by atoms with Crippen LogP contribution in [0.15, 0.2) is 29.2 Å². The van der Waals surface area contributed by atoms with Gasteiger partial charge in [0.05, 0.1) is 10.5 Å². The highest BCUT2D eigenvalue weighted by atomic mass is 32.2. The predicted octanol–water partition coefficient (Wildman–Crippen LogP) is 4.20. The van der Waals surface area contributed by atoms with Gasteiger partial charge in [0.15, 0.2) is 0 Å². The first kappa shape index (κ1) is 19.7. The maximum Gasteiger partial charge on any atom is 0.268 e. The predicted molar refractivity (Wildman–Crippen MR) is 109 cm³/mol. The van der Waals surface area contributed by atoms with E-state index in [1.165, 1.54) is 30.0 Å². The van der Waals surface area contributed by atoms with Crippen LogP contribution in [-0.4, -0.2) is 33.9 Å². The minimum Gasteiger partial charge on any atom is -0.326 e. The lowest BCUT2D eigenvalue weighted by molar-refractivity contribution is -0.140. The Morgan fingerprint density at radius 3 is 2.26 bits per heavy atom. The number of imide groups is 1. The summed E-state index contributed by atoms with van der Waals surface area (Å²) in [5, 5.41) is 2.93. The zero-order valence-corrected chi connectivity index (χ0v) is 16.9. The second-order valence-corrected chi connectivity index (χ2v) is 8.99. The molecule has 0 unspecified atom stereocenters. The van der Waals surface area contributed by atoms with E-state index in [-0.39, 0.29) is 29.0 Å². The van der Waals surface area contributed by atoms with E-state index in [9.17, 15) is 14.4 Å². The number of carbonyl (C=O) groups excluding carboxylic acids is 3. The molecule has 0 radical (unpaired) electrons. The smallest absolute Gasteiger partial charge is 0.268 e. The third kappa shape index (κ3) is 4.26. The van der Waals surface area contributed by atoms with E-state index in [1.54, 1.807) is 24.3 Å². The number of benzene rings is 1. The molecule has 3 amide bonds. The monoisotopic (exact) mass is 386 g/mol. The molecule has 1 aliphatic heterocycles. The summed E-state index contributed by atoms with van der Waals surface area (Å²) in [4.78, 5) is 39.6. The van der Waals surface area contributed by atoms with E-state index in [1.807, 2.05) is 13.8 Å². The third-order valence-corrected chi connectivity index (χ3v) is 5.95. The summed E-state index contributed by atoms with van der Waals surface area (Å²) in [7, 11) is 0. The van der Waals surface area contributed by atoms with Crippen LogP contribution in [0.1, 0.15) is 58.4 Å². The molecule has 0 saturated heterocycles. The summed E-state index contributed by atoms with van der Waals surface area (Å²) in [5.41, 5.74) is 1.90. The van der Waals surface area contributed by atoms with Crippen LogP contribution in [0.4, 0.5) is 5.69 Å². The Morgan fingerprint density at radius 1 is 1.07 bits per heavy atom. The molecule has 0 aromatic heterocycles. The molecule has 1 aromatic rings. The lowest BCUT2D eigenvalue weighted by Gasteiger charge is -2.30. The number of nitrogens with one attached hydrogen (secondary N) is 1. The summed E-state index contributed by atoms with van der Waals surface area (Å²) in [5.74, 6) is -0.470. The Labute approximate surface area is 164 Å². The van der Waals surface area contributed by atoms with Crippen LogP contribution in [0, 0.1) is 0 Å². The number of amides is 3. The zero-order valence-electron chi connectivity index (χ0n) is 16.1. The third-order valence-electron chi connectivity index (χ3n) is 4.86. The minimum absolute atomic E-state index is 0.0117. The molecule has 3 rings (SSSR count). The molecule has 0 atom stereocenters. The molecule has 1 aliphatic carbocycles. The van der Waals surface area contributed by atoms with E-state index in [2.05, 4.69) is 5.32 Å². The SMILES string of the molecule is CC(=O)Nc1ccc(C2=C(SC(C)C)C(=O)N(C3CCCCC3)C2=O)cc1. The highest BCUT2D eigenvalue weighted by molar-refractivity contribution is 8.04. The fraction of sp³-hybridized carbons (Fsp3) is 0.476. The topological polar surface area (TPSA) is 66.5 Å². The summed E-state index contributed by atoms with van der Waals surface area (Å²) < 4.78 is 0. The Balaban J connectivity index is 1.95. The number of hydrogen-bond donors (Lipinski definition) is 1. The maximum absolute atomic E-state index is 13.2. The highest BCUT2D eigenvalue weighted by Crippen LogP contribution is 2.40. The van der Waals surface area contributed by atoms with Crippen LogP contribution in [0.25, 0.3) is 5.57 Å². The molecule has 0 bridgehead atoms. The van der Waals surface area contributed by atoms with Crippen molar-refractivity contribution >= 4 is 40.7 Å². The molecule has 1 aromatic carbocycles. The minimum atomic E-state index is -0.178. The molecular formula is C21H26N2O3S. The van der Waals surface area contributed by atoms with Crippen molar-refractivity contribution in [2.24, 2.45) is 0 Å². The van der Waals surface area contributed by atoms with E-state index < -0.39 is 0 Å². The van der Waals surface area contributed by atoms with Crippen LogP contribution < -0.4 is 5.32 Å². The van der Waals surface area contributed by atoms with Gasteiger partial charge in [0, 0.05) is 23.9 Å². The standard InChI is InChI=1S/C21H26N2O3S/c1-13(2)27-19-18(15-9-11-16(12-10-15)22-14(3)24)20(25)23(21(19)26)17-7-5-4-6-8-17/h9-13,17H,4-8H2,1-3H3,(H,22,24). The van der Waals surface area contributed by atoms with Crippen LogP contribution in [-0.2, 0) is 14.4 Å². The zero-order chi connectivity index (χ0) is 19.6. The lowest BCUT2D eigenvalue weighted by atomic mass is 9.94. The number of carbonyl (C=O) groups is 3. The van der Waals surface area contributed by atoms with E-state index in [4.69, 9.17) is 0 Å². The van der Waals surface area contributed by atoms with E-state index >= 15 is 0 Å². The van der Waals surface area contributed by atoms with Crippen LogP contribution >= 0.6 is 11.8 Å². The molecule has 5 nitrogen and oxygen atoms in total. The first-order valence-electron chi connectivity index (χ1n) is 9.55. The molecule has 0 spiro atoms. The number of hydrogen-bond acceptors (Lipinski definition) is 4. The van der Waals surface area contributed by atoms with Crippen molar-refractivity contribution in [3.8, 4) is 0 Å². The second-order valence-electron chi connectivity index (χ2n) is 7.40. The normalized spacial score (nSPS) is 18.6. The Kier molecular flexibility index (Phi) is 6.05. The van der Waals surface area contributed by atoms with Crippen molar-refractivity contribution < 1.29 is 14.4 Å². The molecule has 1 heterocycles. The Morgan fingerprint density at radius 2 is 1.70 bits per heavy atom. The van der Waals surface area contributed by atoms with Crippen LogP contribution in [0.2, 0.25) is 0 Å². The lowest BCUT2D eigenvalue weighted by Crippen LogP contribution is -2.42. The van der Waals surface area contributed by atoms with Crippen LogP contribution in [0.3, 0.4) is 0 Å². The van der Waals surface area contributed by atoms with Crippen molar-refractivity contribution in [3.05, 3.63) is 34.7 Å². The van der Waals surface area contributed by atoms with Gasteiger partial charge < -0.3 is 5.32 Å². The van der Waals surface area contributed by atoms with Gasteiger partial charge in [0.2, 0.25) is 5.91 Å². The number of thioether (sulfide) groups is 1. The fourth-order valence-corrected chi connectivity index (χ4v) is 4.71. The van der Waals surface area contributed by atoms with Gasteiger partial charge in [-0.05, 0) is 30.5 Å². The molecular weight excluding hydrogens is 360 g/mol. The largest absolute Gasteiger partial charge is 0.326 e. The second kappa shape index (κ2) is 8.30. The van der Waals surface area contributed by atoms with Crippen molar-refractivity contribution in [2.75, 3.05) is 5.32 Å². The molecule has 1 saturated carbocycles. The van der Waals surface area contributed by atoms with Gasteiger partial charge >= 0.3 is 0 Å². The molecule has 27 heavy (non-hydrogen) atoms. The summed E-state index contributed by atoms with van der Waals surface area (Å²) in [6.07, 6.45) is 5.09. The van der Waals surface area contributed by atoms with Gasteiger partial charge in [-0.15, -0.1) is 11.8 Å². The fourth-order valence-electron chi connectivity index (χ4n) is 3.72. The Bertz CT molecular complexity index is 777. The van der Waals surface area contributed by atoms with Gasteiger partial charge in [0.1, 0.15) is 0 Å². The summed E-state index contributed by atoms with van der Waals surface area (Å²) in [6.45, 7) is 5.50. The first-order chi connectivity index (χ1) is 12.9. The van der Waals surface area contributed by atoms with Crippen molar-refractivity contribution in [2.45, 2.75) is 64.2 Å². The molecule has 1 N–H and O–H groups in total. The van der Waals surface area contributed by atoms with E-state index in [0.717, 1.165) is 31.2 Å². The average molecular weight is 387 g/mol. The summed E-state index contributed by atoms with van der Waals surface area (Å²) >= 11 is 1.46. The first-order valence-corrected chi connectivity index (χ1v) is 10.4. The van der Waals surface area contributed by atoms with Gasteiger partial charge in [-0.25, -0.2) is 0 Å². The van der Waals surface area contributed by atoms with Crippen molar-refractivity contribution in [3.63, 3.8) is 0 Å². The Hall–Kier alpha value is -2.08. The van der Waals surface area contributed by atoms with Gasteiger partial charge in [-0.3, -0.25) is 19.3 Å². The highest BCUT2D eigenvalue weighted by Gasteiger charge is 2.43. The van der Waals surface area contributed by atoms with Crippen LogP contribution in [0.5, 0.6) is 0 Å². The van der Waals surface area contributed by atoms with Gasteiger partial charge in [-0.2, -0.15) is 0 Å². The van der Waals surface area contributed by atoms with Crippen molar-refractivity contribution in [1.82, 2.24) is 4.90 Å². The van der Waals surface area contributed by atoms with E-state index in [0.29, 0.717) is 16.2 Å². The molecule has 1 fully saturated rings. The van der Waals surface area contributed by atoms with Gasteiger partial charge in [-0.1, -0.05) is 45.2 Å². The van der Waals surface area contributed by atoms with Gasteiger partial charge in [0.25, 0.3) is 11.8 Å². The summed E-state index contributed by atoms with van der Waals surface area (Å²) in [6, 6.07) is 7.15. The quantitative estimate of drug-likeness (QED) is 0.770. The maximum atomic E-state index is 13.2. The average Bonchev–Trinajstić information content (AvgIpc) is 2.86. The number of rotatable bonds is 5. The molecule has 144 valence electrons. The number of anilines is 1.